The first kappa shape index (κ1) is 14.7. The predicted molar refractivity (Wildman–Crippen MR) is 85.3 cm³/mol. The molecule has 1 saturated heterocycles. The fourth-order valence-corrected chi connectivity index (χ4v) is 2.76. The Hall–Kier alpha value is -2.20. The van der Waals surface area contributed by atoms with Crippen molar-refractivity contribution >= 4 is 5.78 Å². The quantitative estimate of drug-likeness (QED) is 0.796. The molecule has 1 fully saturated rings. The number of ether oxygens (including phenoxy) is 1. The van der Waals surface area contributed by atoms with Crippen LogP contribution in [-0.2, 0) is 0 Å². The first-order valence-electron chi connectivity index (χ1n) is 7.62. The molecular formula is C18H20N2O2. The van der Waals surface area contributed by atoms with Gasteiger partial charge in [-0.1, -0.05) is 30.3 Å². The highest BCUT2D eigenvalue weighted by Crippen LogP contribution is 2.19. The van der Waals surface area contributed by atoms with Crippen LogP contribution >= 0.6 is 0 Å². The molecule has 1 aliphatic rings. The van der Waals surface area contributed by atoms with Crippen LogP contribution in [0.25, 0.3) is 0 Å². The van der Waals surface area contributed by atoms with Gasteiger partial charge in [0.05, 0.1) is 6.20 Å². The molecule has 4 nitrogen and oxygen atoms in total. The van der Waals surface area contributed by atoms with Crippen LogP contribution in [0.5, 0.6) is 5.75 Å². The molecule has 1 atom stereocenters. The van der Waals surface area contributed by atoms with Crippen molar-refractivity contribution in [2.45, 2.75) is 18.9 Å². The highest BCUT2D eigenvalue weighted by molar-refractivity contribution is 6.08. The van der Waals surface area contributed by atoms with Crippen LogP contribution < -0.4 is 4.74 Å². The van der Waals surface area contributed by atoms with E-state index in [1.807, 2.05) is 30.3 Å². The summed E-state index contributed by atoms with van der Waals surface area (Å²) in [6, 6.07) is 11.5. The second kappa shape index (κ2) is 6.71. The smallest absolute Gasteiger partial charge is 0.194 e. The zero-order valence-electron chi connectivity index (χ0n) is 12.7. The number of hydrogen-bond acceptors (Lipinski definition) is 4. The Balaban J connectivity index is 1.68. The van der Waals surface area contributed by atoms with Gasteiger partial charge in [-0.25, -0.2) is 0 Å². The van der Waals surface area contributed by atoms with Crippen molar-refractivity contribution in [3.63, 3.8) is 0 Å². The van der Waals surface area contributed by atoms with E-state index < -0.39 is 0 Å². The van der Waals surface area contributed by atoms with Crippen molar-refractivity contribution in [2.24, 2.45) is 0 Å². The van der Waals surface area contributed by atoms with E-state index >= 15 is 0 Å². The van der Waals surface area contributed by atoms with Crippen LogP contribution in [0.15, 0.2) is 48.8 Å². The molecule has 3 rings (SSSR count). The third kappa shape index (κ3) is 3.34. The van der Waals surface area contributed by atoms with Gasteiger partial charge in [0.15, 0.2) is 5.78 Å². The maximum absolute atomic E-state index is 12.4. The Morgan fingerprint density at radius 2 is 2.09 bits per heavy atom. The third-order valence-electron chi connectivity index (χ3n) is 4.13. The van der Waals surface area contributed by atoms with Crippen LogP contribution in [0.4, 0.5) is 0 Å². The van der Waals surface area contributed by atoms with Gasteiger partial charge in [0.2, 0.25) is 0 Å². The Bertz CT molecular complexity index is 643. The molecule has 1 aromatic carbocycles. The lowest BCUT2D eigenvalue weighted by Gasteiger charge is -2.19. The highest BCUT2D eigenvalue weighted by atomic mass is 16.5. The van der Waals surface area contributed by atoms with Crippen LogP contribution in [0.2, 0.25) is 0 Å². The van der Waals surface area contributed by atoms with Gasteiger partial charge in [0, 0.05) is 23.4 Å². The number of benzene rings is 1. The van der Waals surface area contributed by atoms with E-state index in [0.717, 1.165) is 13.0 Å². The summed E-state index contributed by atoms with van der Waals surface area (Å²) in [6.07, 6.45) is 5.63. The van der Waals surface area contributed by atoms with Crippen molar-refractivity contribution in [3.8, 4) is 5.75 Å². The lowest BCUT2D eigenvalue weighted by atomic mass is 10.1. The summed E-state index contributed by atoms with van der Waals surface area (Å²) in [6.45, 7) is 1.76. The van der Waals surface area contributed by atoms with E-state index in [-0.39, 0.29) is 5.78 Å². The van der Waals surface area contributed by atoms with Crippen molar-refractivity contribution in [2.75, 3.05) is 20.2 Å². The first-order valence-corrected chi connectivity index (χ1v) is 7.62. The number of likely N-dealkylation sites (tertiary alicyclic amines) is 1. The first-order chi connectivity index (χ1) is 10.7. The molecule has 0 aliphatic carbocycles. The summed E-state index contributed by atoms with van der Waals surface area (Å²) in [5.74, 6) is 0.624. The number of hydrogen-bond donors (Lipinski definition) is 0. The van der Waals surface area contributed by atoms with Crippen molar-refractivity contribution < 1.29 is 9.53 Å². The molecule has 22 heavy (non-hydrogen) atoms. The number of carbonyl (C=O) groups is 1. The number of likely N-dealkylation sites (N-methyl/N-ethyl adjacent to an activating group) is 1. The van der Waals surface area contributed by atoms with Crippen molar-refractivity contribution in [1.82, 2.24) is 9.88 Å². The maximum Gasteiger partial charge on any atom is 0.194 e. The second-order valence-electron chi connectivity index (χ2n) is 5.69. The molecule has 0 saturated carbocycles. The molecular weight excluding hydrogens is 276 g/mol. The van der Waals surface area contributed by atoms with Crippen LogP contribution in [0, 0.1) is 0 Å². The van der Waals surface area contributed by atoms with Crippen LogP contribution in [-0.4, -0.2) is 41.9 Å². The summed E-state index contributed by atoms with van der Waals surface area (Å²) < 4.78 is 5.83. The monoisotopic (exact) mass is 296 g/mol. The van der Waals surface area contributed by atoms with Gasteiger partial charge in [-0.15, -0.1) is 0 Å². The molecule has 1 aromatic heterocycles. The van der Waals surface area contributed by atoms with Crippen molar-refractivity contribution in [1.29, 1.82) is 0 Å². The van der Waals surface area contributed by atoms with Gasteiger partial charge >= 0.3 is 0 Å². The van der Waals surface area contributed by atoms with E-state index in [9.17, 15) is 4.79 Å². The van der Waals surface area contributed by atoms with E-state index in [1.54, 1.807) is 18.5 Å². The molecule has 0 bridgehead atoms. The molecule has 4 heteroatoms. The normalized spacial score (nSPS) is 18.3. The minimum Gasteiger partial charge on any atom is -0.490 e. The average molecular weight is 296 g/mol. The fraction of sp³-hybridized carbons (Fsp3) is 0.333. The molecule has 1 aliphatic heterocycles. The lowest BCUT2D eigenvalue weighted by Crippen LogP contribution is -2.30. The molecule has 114 valence electrons. The van der Waals surface area contributed by atoms with Gasteiger partial charge in [0.25, 0.3) is 0 Å². The predicted octanol–water partition coefficient (Wildman–Crippen LogP) is 2.79. The molecule has 0 amide bonds. The van der Waals surface area contributed by atoms with Gasteiger partial charge in [-0.3, -0.25) is 9.78 Å². The molecule has 0 unspecified atom stereocenters. The minimum atomic E-state index is -0.0310. The highest BCUT2D eigenvalue weighted by Gasteiger charge is 2.21. The molecule has 0 radical (unpaired) electrons. The van der Waals surface area contributed by atoms with Gasteiger partial charge in [0.1, 0.15) is 12.4 Å². The Kier molecular flexibility index (Phi) is 4.49. The molecule has 2 heterocycles. The fourth-order valence-electron chi connectivity index (χ4n) is 2.76. The Morgan fingerprint density at radius 1 is 1.27 bits per heavy atom. The number of ketones is 1. The molecule has 0 N–H and O–H groups in total. The summed E-state index contributed by atoms with van der Waals surface area (Å²) in [5, 5.41) is 0. The molecule has 0 spiro atoms. The van der Waals surface area contributed by atoms with Crippen LogP contribution in [0.3, 0.4) is 0 Å². The number of pyridine rings is 1. The number of carbonyl (C=O) groups excluding carboxylic acids is 1. The summed E-state index contributed by atoms with van der Waals surface area (Å²) in [5.41, 5.74) is 1.22. The second-order valence-corrected chi connectivity index (χ2v) is 5.69. The minimum absolute atomic E-state index is 0.0310. The van der Waals surface area contributed by atoms with E-state index in [1.165, 1.54) is 6.42 Å². The zero-order chi connectivity index (χ0) is 15.4. The average Bonchev–Trinajstić information content (AvgIpc) is 2.98. The van der Waals surface area contributed by atoms with Crippen molar-refractivity contribution in [3.05, 3.63) is 59.9 Å². The number of aromatic nitrogens is 1. The summed E-state index contributed by atoms with van der Waals surface area (Å²) in [4.78, 5) is 18.9. The summed E-state index contributed by atoms with van der Waals surface area (Å²) in [7, 11) is 2.12. The zero-order valence-corrected chi connectivity index (χ0v) is 12.7. The topological polar surface area (TPSA) is 42.4 Å². The Morgan fingerprint density at radius 3 is 2.82 bits per heavy atom. The number of rotatable bonds is 5. The SMILES string of the molecule is CN1CCC[C@H]1COc1cncc(C(=O)c2ccccc2)c1. The lowest BCUT2D eigenvalue weighted by molar-refractivity contribution is 0.103. The molecule has 2 aromatic rings. The standard InChI is InChI=1S/C18H20N2O2/c1-20-9-5-8-16(20)13-22-17-10-15(11-19-12-17)18(21)14-6-3-2-4-7-14/h2-4,6-7,10-12,16H,5,8-9,13H2,1H3/t16-/m0/s1. The van der Waals surface area contributed by atoms with Gasteiger partial charge < -0.3 is 9.64 Å². The maximum atomic E-state index is 12.4. The van der Waals surface area contributed by atoms with E-state index in [4.69, 9.17) is 4.74 Å². The summed E-state index contributed by atoms with van der Waals surface area (Å²) >= 11 is 0. The number of nitrogens with zero attached hydrogens (tertiary/aromatic N) is 2. The Labute approximate surface area is 130 Å². The largest absolute Gasteiger partial charge is 0.490 e. The van der Waals surface area contributed by atoms with Gasteiger partial charge in [-0.2, -0.15) is 0 Å². The van der Waals surface area contributed by atoms with Crippen LogP contribution in [0.1, 0.15) is 28.8 Å². The van der Waals surface area contributed by atoms with E-state index in [0.29, 0.717) is 29.5 Å². The third-order valence-corrected chi connectivity index (χ3v) is 4.13. The van der Waals surface area contributed by atoms with E-state index in [2.05, 4.69) is 16.9 Å². The van der Waals surface area contributed by atoms with Gasteiger partial charge in [-0.05, 0) is 32.5 Å².